The van der Waals surface area contributed by atoms with E-state index >= 15 is 0 Å². The molecule has 0 unspecified atom stereocenters. The normalized spacial score (nSPS) is 12.1. The summed E-state index contributed by atoms with van der Waals surface area (Å²) in [6, 6.07) is 0. The molecule has 1 rings (SSSR count). The van der Waals surface area contributed by atoms with Crippen LogP contribution in [0.15, 0.2) is 20.7 Å². The number of aromatic nitrogens is 2. The third-order valence-corrected chi connectivity index (χ3v) is 4.62. The number of sulfonamides is 1. The second kappa shape index (κ2) is 5.68. The Balaban J connectivity index is 3.38. The Morgan fingerprint density at radius 1 is 1.32 bits per heavy atom. The molecule has 9 heteroatoms. The third-order valence-electron chi connectivity index (χ3n) is 2.78. The molecule has 0 radical (unpaired) electrons. The Kier molecular flexibility index (Phi) is 4.66. The lowest BCUT2D eigenvalue weighted by atomic mass is 10.4. The molecule has 0 saturated carbocycles. The number of hydrogen-bond acceptors (Lipinski definition) is 5. The number of aryl methyl sites for hydroxylation is 1. The first kappa shape index (κ1) is 15.6. The molecule has 19 heavy (non-hydrogen) atoms. The fraction of sp³-hybridized carbons (Fsp3) is 0.600. The minimum absolute atomic E-state index is 0.213. The molecule has 2 N–H and O–H groups in total. The summed E-state index contributed by atoms with van der Waals surface area (Å²) in [6.45, 7) is 0.565. The predicted octanol–water partition coefficient (Wildman–Crippen LogP) is -1.95. The fourth-order valence-electron chi connectivity index (χ4n) is 1.55. The SMILES string of the molecule is CN(CCCN)S(=O)(=O)c1cn(C)c(=O)n(C)c1=O. The third kappa shape index (κ3) is 2.94. The smallest absolute Gasteiger partial charge is 0.330 e. The van der Waals surface area contributed by atoms with Crippen LogP contribution in [0.5, 0.6) is 0 Å². The van der Waals surface area contributed by atoms with Crippen LogP contribution in [-0.2, 0) is 24.1 Å². The Hall–Kier alpha value is -1.45. The van der Waals surface area contributed by atoms with Crippen LogP contribution < -0.4 is 17.0 Å². The molecule has 1 heterocycles. The average molecular weight is 290 g/mol. The van der Waals surface area contributed by atoms with Gasteiger partial charge in [0.2, 0.25) is 10.0 Å². The molecule has 0 atom stereocenters. The van der Waals surface area contributed by atoms with Crippen LogP contribution in [0.3, 0.4) is 0 Å². The Morgan fingerprint density at radius 2 is 1.89 bits per heavy atom. The van der Waals surface area contributed by atoms with Crippen molar-refractivity contribution in [1.29, 1.82) is 0 Å². The summed E-state index contributed by atoms with van der Waals surface area (Å²) in [5.41, 5.74) is 3.92. The van der Waals surface area contributed by atoms with E-state index in [1.807, 2.05) is 0 Å². The van der Waals surface area contributed by atoms with Crippen molar-refractivity contribution in [1.82, 2.24) is 13.4 Å². The molecule has 0 aliphatic heterocycles. The minimum atomic E-state index is -3.92. The largest absolute Gasteiger partial charge is 0.330 e. The Bertz CT molecular complexity index is 674. The van der Waals surface area contributed by atoms with E-state index in [1.165, 1.54) is 21.1 Å². The number of rotatable bonds is 5. The first-order chi connectivity index (χ1) is 8.73. The average Bonchev–Trinajstić information content (AvgIpc) is 2.37. The highest BCUT2D eigenvalue weighted by atomic mass is 32.2. The lowest BCUT2D eigenvalue weighted by Gasteiger charge is -2.17. The molecule has 8 nitrogen and oxygen atoms in total. The zero-order valence-corrected chi connectivity index (χ0v) is 12.0. The van der Waals surface area contributed by atoms with E-state index in [1.54, 1.807) is 0 Å². The van der Waals surface area contributed by atoms with Crippen molar-refractivity contribution in [3.8, 4) is 0 Å². The summed E-state index contributed by atoms with van der Waals surface area (Å²) in [7, 11) is 0.0809. The molecule has 0 fully saturated rings. The summed E-state index contributed by atoms with van der Waals surface area (Å²) in [6.07, 6.45) is 1.53. The molecule has 0 amide bonds. The van der Waals surface area contributed by atoms with Crippen LogP contribution in [0.1, 0.15) is 6.42 Å². The van der Waals surface area contributed by atoms with Gasteiger partial charge in [-0.1, -0.05) is 0 Å². The van der Waals surface area contributed by atoms with Gasteiger partial charge >= 0.3 is 5.69 Å². The minimum Gasteiger partial charge on any atom is -0.330 e. The van der Waals surface area contributed by atoms with Crippen LogP contribution in [0.2, 0.25) is 0 Å². The highest BCUT2D eigenvalue weighted by Gasteiger charge is 2.25. The van der Waals surface area contributed by atoms with Gasteiger partial charge in [0, 0.05) is 33.9 Å². The number of hydrogen-bond donors (Lipinski definition) is 1. The molecule has 0 aliphatic carbocycles. The van der Waals surface area contributed by atoms with E-state index in [0.29, 0.717) is 13.0 Å². The molecule has 0 aromatic carbocycles. The molecule has 0 saturated heterocycles. The highest BCUT2D eigenvalue weighted by molar-refractivity contribution is 7.89. The molecule has 1 aromatic rings. The van der Waals surface area contributed by atoms with Gasteiger partial charge in [-0.2, -0.15) is 0 Å². The lowest BCUT2D eigenvalue weighted by Crippen LogP contribution is -2.42. The molecule has 1 aromatic heterocycles. The van der Waals surface area contributed by atoms with E-state index in [-0.39, 0.29) is 6.54 Å². The van der Waals surface area contributed by atoms with Gasteiger partial charge in [0.1, 0.15) is 0 Å². The van der Waals surface area contributed by atoms with Crippen LogP contribution in [-0.4, -0.2) is 42.0 Å². The second-order valence-electron chi connectivity index (χ2n) is 4.22. The van der Waals surface area contributed by atoms with E-state index in [9.17, 15) is 18.0 Å². The van der Waals surface area contributed by atoms with Crippen LogP contribution in [0, 0.1) is 0 Å². The van der Waals surface area contributed by atoms with Gasteiger partial charge in [-0.05, 0) is 13.0 Å². The van der Waals surface area contributed by atoms with Crippen molar-refractivity contribution < 1.29 is 8.42 Å². The van der Waals surface area contributed by atoms with Crippen molar-refractivity contribution in [3.63, 3.8) is 0 Å². The van der Waals surface area contributed by atoms with Crippen molar-refractivity contribution in [3.05, 3.63) is 27.0 Å². The molecular formula is C10H18N4O4S. The van der Waals surface area contributed by atoms with Gasteiger partial charge in [-0.25, -0.2) is 17.5 Å². The summed E-state index contributed by atoms with van der Waals surface area (Å²) < 4.78 is 27.3. The molecular weight excluding hydrogens is 272 g/mol. The van der Waals surface area contributed by atoms with Crippen molar-refractivity contribution in [2.75, 3.05) is 20.1 Å². The van der Waals surface area contributed by atoms with E-state index < -0.39 is 26.2 Å². The van der Waals surface area contributed by atoms with E-state index in [0.717, 1.165) is 19.6 Å². The maximum absolute atomic E-state index is 12.2. The van der Waals surface area contributed by atoms with Gasteiger partial charge < -0.3 is 10.3 Å². The maximum atomic E-state index is 12.2. The molecule has 0 aliphatic rings. The van der Waals surface area contributed by atoms with Gasteiger partial charge in [0.15, 0.2) is 4.90 Å². The summed E-state index contributed by atoms with van der Waals surface area (Å²) in [5.74, 6) is 0. The van der Waals surface area contributed by atoms with Gasteiger partial charge in [-0.15, -0.1) is 0 Å². The van der Waals surface area contributed by atoms with Crippen molar-refractivity contribution in [2.45, 2.75) is 11.3 Å². The predicted molar refractivity (Wildman–Crippen MR) is 70.4 cm³/mol. The van der Waals surface area contributed by atoms with Crippen molar-refractivity contribution >= 4 is 10.0 Å². The zero-order chi connectivity index (χ0) is 14.8. The standard InChI is InChI=1S/C10H18N4O4S/c1-12-7-8(9(15)14(3)10(12)16)19(17,18)13(2)6-4-5-11/h7H,4-6,11H2,1-3H3. The van der Waals surface area contributed by atoms with Gasteiger partial charge in [0.25, 0.3) is 5.56 Å². The van der Waals surface area contributed by atoms with Crippen LogP contribution in [0.4, 0.5) is 0 Å². The van der Waals surface area contributed by atoms with Gasteiger partial charge in [-0.3, -0.25) is 9.36 Å². The zero-order valence-electron chi connectivity index (χ0n) is 11.2. The first-order valence-corrected chi connectivity index (χ1v) is 7.10. The van der Waals surface area contributed by atoms with E-state index in [2.05, 4.69) is 0 Å². The first-order valence-electron chi connectivity index (χ1n) is 5.66. The topological polar surface area (TPSA) is 107 Å². The quantitative estimate of drug-likeness (QED) is 0.678. The summed E-state index contributed by atoms with van der Waals surface area (Å²) in [4.78, 5) is 23.0. The van der Waals surface area contributed by atoms with Gasteiger partial charge in [0.05, 0.1) is 0 Å². The maximum Gasteiger partial charge on any atom is 0.330 e. The second-order valence-corrected chi connectivity index (χ2v) is 6.23. The van der Waals surface area contributed by atoms with Crippen LogP contribution in [0.25, 0.3) is 0 Å². The highest BCUT2D eigenvalue weighted by Crippen LogP contribution is 2.08. The Labute approximate surface area is 111 Å². The molecule has 108 valence electrons. The molecule has 0 bridgehead atoms. The van der Waals surface area contributed by atoms with E-state index in [4.69, 9.17) is 5.73 Å². The fourth-order valence-corrected chi connectivity index (χ4v) is 2.91. The number of nitrogens with two attached hydrogens (primary N) is 1. The molecule has 0 spiro atoms. The van der Waals surface area contributed by atoms with Crippen molar-refractivity contribution in [2.24, 2.45) is 19.8 Å². The lowest BCUT2D eigenvalue weighted by molar-refractivity contribution is 0.460. The van der Waals surface area contributed by atoms with Crippen LogP contribution >= 0.6 is 0 Å². The monoisotopic (exact) mass is 290 g/mol. The summed E-state index contributed by atoms with van der Waals surface area (Å²) in [5, 5.41) is 0. The Morgan fingerprint density at radius 3 is 2.42 bits per heavy atom. The number of nitrogens with zero attached hydrogens (tertiary/aromatic N) is 3. The summed E-state index contributed by atoms with van der Waals surface area (Å²) >= 11 is 0.